The minimum Gasteiger partial charge on any atom is -0.382 e. The highest BCUT2D eigenvalue weighted by Crippen LogP contribution is 2.27. The van der Waals surface area contributed by atoms with Crippen molar-refractivity contribution in [3.05, 3.63) is 77.3 Å². The average Bonchev–Trinajstić information content (AvgIpc) is 3.15. The summed E-state index contributed by atoms with van der Waals surface area (Å²) >= 11 is 5.83. The number of hydrogen-bond acceptors (Lipinski definition) is 5. The summed E-state index contributed by atoms with van der Waals surface area (Å²) < 4.78 is 29.1. The van der Waals surface area contributed by atoms with Gasteiger partial charge in [0.1, 0.15) is 29.9 Å². The molecule has 7 nitrogen and oxygen atoms in total. The fourth-order valence-corrected chi connectivity index (χ4v) is 3.28. The fraction of sp³-hybridized carbons (Fsp3) is 0.250. The molecule has 0 aliphatic heterocycles. The minimum atomic E-state index is -1.79. The lowest BCUT2D eigenvalue weighted by Gasteiger charge is -2.33. The molecule has 0 bridgehead atoms. The summed E-state index contributed by atoms with van der Waals surface area (Å²) in [5.41, 5.74) is -1.33. The van der Waals surface area contributed by atoms with Crippen LogP contribution in [0.2, 0.25) is 5.02 Å². The number of anilines is 1. The van der Waals surface area contributed by atoms with Crippen LogP contribution in [0.1, 0.15) is 5.56 Å². The Morgan fingerprint density at radius 2 is 2.00 bits per heavy atom. The number of likely N-dealkylation sites (N-methyl/N-ethyl adjacent to an activating group) is 1. The zero-order valence-electron chi connectivity index (χ0n) is 16.1. The van der Waals surface area contributed by atoms with E-state index in [-0.39, 0.29) is 31.1 Å². The number of carbonyl (C=O) groups is 1. The van der Waals surface area contributed by atoms with E-state index in [0.29, 0.717) is 16.8 Å². The summed E-state index contributed by atoms with van der Waals surface area (Å²) in [4.78, 5) is 17.7. The van der Waals surface area contributed by atoms with Crippen LogP contribution in [0.25, 0.3) is 0 Å². The zero-order valence-corrected chi connectivity index (χ0v) is 16.9. The van der Waals surface area contributed by atoms with Gasteiger partial charge < -0.3 is 10.4 Å². The molecule has 3 rings (SSSR count). The first-order chi connectivity index (χ1) is 14.2. The van der Waals surface area contributed by atoms with Crippen molar-refractivity contribution >= 4 is 23.2 Å². The van der Waals surface area contributed by atoms with Gasteiger partial charge in [-0.3, -0.25) is 9.69 Å². The fourth-order valence-electron chi connectivity index (χ4n) is 3.15. The van der Waals surface area contributed by atoms with Gasteiger partial charge in [0.2, 0.25) is 5.91 Å². The quantitative estimate of drug-likeness (QED) is 0.568. The molecule has 0 aliphatic rings. The van der Waals surface area contributed by atoms with Gasteiger partial charge in [-0.15, -0.1) is 0 Å². The SMILES string of the molecule is CN(CC(=O)Nc1ccc(Cl)cc1)CC(O)(Cn1cncn1)c1ccc(F)cc1F. The maximum atomic E-state index is 14.5. The van der Waals surface area contributed by atoms with Crippen LogP contribution in [0, 0.1) is 11.6 Å². The molecule has 0 aliphatic carbocycles. The van der Waals surface area contributed by atoms with Gasteiger partial charge in [0, 0.05) is 28.9 Å². The number of hydrogen-bond donors (Lipinski definition) is 2. The molecule has 0 saturated heterocycles. The number of carbonyl (C=O) groups excluding carboxylic acids is 1. The number of aliphatic hydroxyl groups is 1. The molecule has 0 radical (unpaired) electrons. The van der Waals surface area contributed by atoms with E-state index in [1.807, 2.05) is 0 Å². The molecule has 158 valence electrons. The first-order valence-electron chi connectivity index (χ1n) is 8.99. The topological polar surface area (TPSA) is 83.3 Å². The molecule has 0 spiro atoms. The van der Waals surface area contributed by atoms with E-state index in [4.69, 9.17) is 11.6 Å². The van der Waals surface area contributed by atoms with Crippen molar-refractivity contribution < 1.29 is 18.7 Å². The zero-order chi connectivity index (χ0) is 21.7. The van der Waals surface area contributed by atoms with E-state index in [1.54, 1.807) is 31.3 Å². The normalized spacial score (nSPS) is 13.3. The minimum absolute atomic E-state index is 0.0783. The first-order valence-corrected chi connectivity index (χ1v) is 9.37. The molecule has 1 heterocycles. The maximum Gasteiger partial charge on any atom is 0.238 e. The van der Waals surface area contributed by atoms with E-state index in [0.717, 1.165) is 6.07 Å². The Morgan fingerprint density at radius 1 is 1.27 bits per heavy atom. The van der Waals surface area contributed by atoms with E-state index < -0.39 is 17.2 Å². The molecule has 0 fully saturated rings. The molecule has 1 unspecified atom stereocenters. The van der Waals surface area contributed by atoms with Gasteiger partial charge in [0.25, 0.3) is 0 Å². The van der Waals surface area contributed by atoms with Crippen molar-refractivity contribution in [1.29, 1.82) is 0 Å². The predicted molar refractivity (Wildman–Crippen MR) is 108 cm³/mol. The molecule has 2 aromatic carbocycles. The lowest BCUT2D eigenvalue weighted by molar-refractivity contribution is -0.118. The highest BCUT2D eigenvalue weighted by Gasteiger charge is 2.35. The number of benzene rings is 2. The third-order valence-corrected chi connectivity index (χ3v) is 4.65. The van der Waals surface area contributed by atoms with Crippen LogP contribution in [0.15, 0.2) is 55.1 Å². The Balaban J connectivity index is 1.74. The third kappa shape index (κ3) is 5.59. The molecule has 1 amide bonds. The Morgan fingerprint density at radius 3 is 2.63 bits per heavy atom. The van der Waals surface area contributed by atoms with Crippen LogP contribution in [0.3, 0.4) is 0 Å². The van der Waals surface area contributed by atoms with Gasteiger partial charge in [-0.1, -0.05) is 17.7 Å². The maximum absolute atomic E-state index is 14.5. The van der Waals surface area contributed by atoms with Crippen LogP contribution >= 0.6 is 11.6 Å². The van der Waals surface area contributed by atoms with Gasteiger partial charge in [0.05, 0.1) is 13.1 Å². The smallest absolute Gasteiger partial charge is 0.238 e. The standard InChI is InChI=1S/C20H20ClF2N5O2/c1-27(9-19(29)26-16-5-2-14(21)3-6-16)10-20(30,11-28-13-24-12-25-28)17-7-4-15(22)8-18(17)23/h2-8,12-13,30H,9-11H2,1H3,(H,26,29). The predicted octanol–water partition coefficient (Wildman–Crippen LogP) is 2.67. The van der Waals surface area contributed by atoms with Crippen molar-refractivity contribution in [3.8, 4) is 0 Å². The Hall–Kier alpha value is -2.88. The van der Waals surface area contributed by atoms with Gasteiger partial charge in [0.15, 0.2) is 0 Å². The van der Waals surface area contributed by atoms with Crippen LogP contribution in [0.5, 0.6) is 0 Å². The summed E-state index contributed by atoms with van der Waals surface area (Å²) in [5.74, 6) is -1.98. The third-order valence-electron chi connectivity index (χ3n) is 4.40. The highest BCUT2D eigenvalue weighted by atomic mass is 35.5. The number of amides is 1. The second-order valence-corrected chi connectivity index (χ2v) is 7.41. The number of aromatic nitrogens is 3. The molecule has 1 aromatic heterocycles. The number of rotatable bonds is 8. The van der Waals surface area contributed by atoms with Gasteiger partial charge >= 0.3 is 0 Å². The summed E-state index contributed by atoms with van der Waals surface area (Å²) in [6, 6.07) is 9.57. The average molecular weight is 436 g/mol. The van der Waals surface area contributed by atoms with Crippen molar-refractivity contribution in [2.75, 3.05) is 25.5 Å². The molecular formula is C20H20ClF2N5O2. The van der Waals surface area contributed by atoms with Crippen LogP contribution in [0.4, 0.5) is 14.5 Å². The van der Waals surface area contributed by atoms with Crippen LogP contribution < -0.4 is 5.32 Å². The molecule has 1 atom stereocenters. The molecule has 10 heteroatoms. The monoisotopic (exact) mass is 435 g/mol. The molecule has 2 N–H and O–H groups in total. The summed E-state index contributed by atoms with van der Waals surface area (Å²) in [5, 5.41) is 18.5. The highest BCUT2D eigenvalue weighted by molar-refractivity contribution is 6.30. The second kappa shape index (κ2) is 9.29. The van der Waals surface area contributed by atoms with Crippen LogP contribution in [-0.2, 0) is 16.9 Å². The van der Waals surface area contributed by atoms with E-state index in [2.05, 4.69) is 15.4 Å². The summed E-state index contributed by atoms with van der Waals surface area (Å²) in [6.07, 6.45) is 2.66. The van der Waals surface area contributed by atoms with Crippen molar-refractivity contribution in [2.45, 2.75) is 12.1 Å². The van der Waals surface area contributed by atoms with E-state index >= 15 is 0 Å². The van der Waals surface area contributed by atoms with Crippen LogP contribution in [-0.4, -0.2) is 50.8 Å². The van der Waals surface area contributed by atoms with Gasteiger partial charge in [-0.2, -0.15) is 5.10 Å². The van der Waals surface area contributed by atoms with Crippen molar-refractivity contribution in [3.63, 3.8) is 0 Å². The molecule has 0 saturated carbocycles. The molecule has 30 heavy (non-hydrogen) atoms. The number of nitrogens with one attached hydrogen (secondary N) is 1. The summed E-state index contributed by atoms with van der Waals surface area (Å²) in [6.45, 7) is -0.340. The second-order valence-electron chi connectivity index (χ2n) is 6.98. The Labute approximate surface area is 176 Å². The van der Waals surface area contributed by atoms with E-state index in [1.165, 1.54) is 28.3 Å². The van der Waals surface area contributed by atoms with Crippen molar-refractivity contribution in [2.24, 2.45) is 0 Å². The number of halogens is 3. The number of nitrogens with zero attached hydrogens (tertiary/aromatic N) is 4. The lowest BCUT2D eigenvalue weighted by Crippen LogP contribution is -2.45. The van der Waals surface area contributed by atoms with E-state index in [9.17, 15) is 18.7 Å². The first kappa shape index (κ1) is 21.8. The molecule has 3 aromatic rings. The Kier molecular flexibility index (Phi) is 6.76. The lowest BCUT2D eigenvalue weighted by atomic mass is 9.92. The van der Waals surface area contributed by atoms with Crippen molar-refractivity contribution in [1.82, 2.24) is 19.7 Å². The Bertz CT molecular complexity index is 1000. The molecular weight excluding hydrogens is 416 g/mol. The largest absolute Gasteiger partial charge is 0.382 e. The van der Waals surface area contributed by atoms with Gasteiger partial charge in [-0.25, -0.2) is 18.4 Å². The van der Waals surface area contributed by atoms with Gasteiger partial charge in [-0.05, 0) is 37.4 Å². The summed E-state index contributed by atoms with van der Waals surface area (Å²) in [7, 11) is 1.61.